The molecule has 2 heterocycles. The van der Waals surface area contributed by atoms with Gasteiger partial charge in [0, 0.05) is 32.9 Å². The zero-order valence-corrected chi connectivity index (χ0v) is 19.5. The summed E-state index contributed by atoms with van der Waals surface area (Å²) in [6.45, 7) is 2.01. The number of amides is 1. The van der Waals surface area contributed by atoms with Crippen LogP contribution < -0.4 is 5.32 Å². The van der Waals surface area contributed by atoms with E-state index in [0.29, 0.717) is 33.1 Å². The van der Waals surface area contributed by atoms with Crippen molar-refractivity contribution in [2.45, 2.75) is 6.92 Å². The summed E-state index contributed by atoms with van der Waals surface area (Å²) in [6, 6.07) is 21.9. The van der Waals surface area contributed by atoms with Crippen molar-refractivity contribution in [1.82, 2.24) is 4.98 Å². The zero-order valence-electron chi connectivity index (χ0n) is 18.0. The minimum absolute atomic E-state index is 0.297. The van der Waals surface area contributed by atoms with Gasteiger partial charge in [-0.2, -0.15) is 0 Å². The van der Waals surface area contributed by atoms with E-state index in [4.69, 9.17) is 32.0 Å². The van der Waals surface area contributed by atoms with Crippen molar-refractivity contribution in [3.8, 4) is 22.8 Å². The first-order valence-corrected chi connectivity index (χ1v) is 11.2. The average molecular weight is 489 g/mol. The molecule has 0 saturated heterocycles. The number of anilines is 1. The van der Waals surface area contributed by atoms with Gasteiger partial charge in [-0.15, -0.1) is 0 Å². The molecular formula is C27H18Cl2N2O3. The number of hydrogen-bond acceptors (Lipinski definition) is 4. The van der Waals surface area contributed by atoms with Gasteiger partial charge >= 0.3 is 0 Å². The molecule has 0 atom stereocenters. The highest BCUT2D eigenvalue weighted by atomic mass is 35.5. The number of fused-ring (bicyclic) bond motifs is 1. The van der Waals surface area contributed by atoms with Gasteiger partial charge < -0.3 is 14.2 Å². The second kappa shape index (κ2) is 9.21. The number of aromatic nitrogens is 1. The lowest BCUT2D eigenvalue weighted by atomic mass is 10.2. The van der Waals surface area contributed by atoms with E-state index in [2.05, 4.69) is 10.3 Å². The predicted molar refractivity (Wildman–Crippen MR) is 136 cm³/mol. The lowest BCUT2D eigenvalue weighted by molar-refractivity contribution is -0.111. The van der Waals surface area contributed by atoms with Crippen LogP contribution in [0.1, 0.15) is 11.3 Å². The molecule has 0 radical (unpaired) electrons. The van der Waals surface area contributed by atoms with Crippen molar-refractivity contribution in [3.63, 3.8) is 0 Å². The smallest absolute Gasteiger partial charge is 0.248 e. The highest BCUT2D eigenvalue weighted by Crippen LogP contribution is 2.29. The molecule has 2 aromatic heterocycles. The van der Waals surface area contributed by atoms with Gasteiger partial charge in [0.15, 0.2) is 5.58 Å². The minimum Gasteiger partial charge on any atom is -0.457 e. The third kappa shape index (κ3) is 4.91. The average Bonchev–Trinajstić information content (AvgIpc) is 3.44. The summed E-state index contributed by atoms with van der Waals surface area (Å²) in [5.41, 5.74) is 4.78. The van der Waals surface area contributed by atoms with E-state index in [-0.39, 0.29) is 5.91 Å². The monoisotopic (exact) mass is 488 g/mol. The van der Waals surface area contributed by atoms with Crippen LogP contribution in [0.15, 0.2) is 87.7 Å². The fourth-order valence-corrected chi connectivity index (χ4v) is 4.05. The fourth-order valence-electron chi connectivity index (χ4n) is 3.53. The Labute approximate surface area is 205 Å². The van der Waals surface area contributed by atoms with E-state index >= 15 is 0 Å². The molecule has 0 saturated carbocycles. The first kappa shape index (κ1) is 22.0. The van der Waals surface area contributed by atoms with Crippen LogP contribution >= 0.6 is 23.2 Å². The number of carbonyl (C=O) groups excluding carboxylic acids is 1. The van der Waals surface area contributed by atoms with Gasteiger partial charge in [-0.3, -0.25) is 4.79 Å². The molecule has 0 unspecified atom stereocenters. The Morgan fingerprint density at radius 2 is 1.74 bits per heavy atom. The maximum Gasteiger partial charge on any atom is 0.248 e. The summed E-state index contributed by atoms with van der Waals surface area (Å²) in [4.78, 5) is 17.0. The molecule has 3 aromatic carbocycles. The van der Waals surface area contributed by atoms with E-state index in [1.165, 1.54) is 6.08 Å². The molecule has 0 aliphatic carbocycles. The van der Waals surface area contributed by atoms with Crippen molar-refractivity contribution in [2.24, 2.45) is 0 Å². The number of nitrogens with one attached hydrogen (secondary N) is 1. The van der Waals surface area contributed by atoms with E-state index in [1.54, 1.807) is 42.5 Å². The summed E-state index contributed by atoms with van der Waals surface area (Å²) in [6.07, 6.45) is 3.00. The van der Waals surface area contributed by atoms with E-state index in [0.717, 1.165) is 27.8 Å². The van der Waals surface area contributed by atoms with Gasteiger partial charge in [-0.25, -0.2) is 4.98 Å². The standard InChI is InChI=1S/C27H18Cl2N2O3/c1-16-5-8-25-23(11-16)31-27(34-25)17-3-2-4-21(14-17)30-26(32)10-7-22-6-9-24(33-22)18-12-19(28)15-20(29)13-18/h2-15H,1H3,(H,30,32)/b10-7+. The molecule has 5 nitrogen and oxygen atoms in total. The Morgan fingerprint density at radius 3 is 2.56 bits per heavy atom. The maximum absolute atomic E-state index is 12.5. The van der Waals surface area contributed by atoms with Crippen molar-refractivity contribution >= 4 is 52.0 Å². The van der Waals surface area contributed by atoms with Crippen LogP contribution in [0.2, 0.25) is 10.0 Å². The lowest BCUT2D eigenvalue weighted by Gasteiger charge is -2.03. The van der Waals surface area contributed by atoms with Gasteiger partial charge in [-0.1, -0.05) is 35.3 Å². The molecule has 5 aromatic rings. The summed E-state index contributed by atoms with van der Waals surface area (Å²) < 4.78 is 11.7. The summed E-state index contributed by atoms with van der Waals surface area (Å²) >= 11 is 12.1. The Bertz CT molecular complexity index is 1530. The van der Waals surface area contributed by atoms with E-state index in [9.17, 15) is 4.79 Å². The van der Waals surface area contributed by atoms with Crippen molar-refractivity contribution in [1.29, 1.82) is 0 Å². The topological polar surface area (TPSA) is 68.3 Å². The first-order chi connectivity index (χ1) is 16.4. The number of benzene rings is 3. The highest BCUT2D eigenvalue weighted by Gasteiger charge is 2.10. The molecule has 1 amide bonds. The number of furan rings is 1. The molecule has 0 bridgehead atoms. The van der Waals surface area contributed by atoms with Crippen LogP contribution in [0.5, 0.6) is 0 Å². The molecule has 0 spiro atoms. The van der Waals surface area contributed by atoms with Crippen molar-refractivity contribution in [2.75, 3.05) is 5.32 Å². The third-order valence-electron chi connectivity index (χ3n) is 5.09. The van der Waals surface area contributed by atoms with Gasteiger partial charge in [0.25, 0.3) is 0 Å². The zero-order chi connectivity index (χ0) is 23.7. The Kier molecular flexibility index (Phi) is 5.97. The number of carbonyl (C=O) groups is 1. The van der Waals surface area contributed by atoms with Crippen LogP contribution in [0.25, 0.3) is 40.0 Å². The SMILES string of the molecule is Cc1ccc2oc(-c3cccc(NC(=O)/C=C/c4ccc(-c5cc(Cl)cc(Cl)c5)o4)c3)nc2c1. The number of rotatable bonds is 5. The van der Waals surface area contributed by atoms with Crippen LogP contribution in [0.4, 0.5) is 5.69 Å². The van der Waals surface area contributed by atoms with Crippen LogP contribution in [0.3, 0.4) is 0 Å². The molecule has 34 heavy (non-hydrogen) atoms. The maximum atomic E-state index is 12.5. The van der Waals surface area contributed by atoms with Gasteiger partial charge in [-0.05, 0) is 79.2 Å². The number of hydrogen-bond donors (Lipinski definition) is 1. The van der Waals surface area contributed by atoms with Crippen molar-refractivity contribution in [3.05, 3.63) is 100 Å². The van der Waals surface area contributed by atoms with Crippen molar-refractivity contribution < 1.29 is 13.6 Å². The second-order valence-corrected chi connectivity index (χ2v) is 8.63. The quantitative estimate of drug-likeness (QED) is 0.254. The molecular weight excluding hydrogens is 471 g/mol. The molecule has 168 valence electrons. The van der Waals surface area contributed by atoms with E-state index < -0.39 is 0 Å². The molecule has 7 heteroatoms. The minimum atomic E-state index is -0.297. The van der Waals surface area contributed by atoms with Crippen LogP contribution in [-0.4, -0.2) is 10.9 Å². The third-order valence-corrected chi connectivity index (χ3v) is 5.53. The first-order valence-electron chi connectivity index (χ1n) is 10.5. The largest absolute Gasteiger partial charge is 0.457 e. The van der Waals surface area contributed by atoms with Crippen LogP contribution in [-0.2, 0) is 4.79 Å². The molecule has 0 aliphatic heterocycles. The molecule has 0 fully saturated rings. The molecule has 1 N–H and O–H groups in total. The second-order valence-electron chi connectivity index (χ2n) is 7.75. The van der Waals surface area contributed by atoms with Crippen LogP contribution in [0, 0.1) is 6.92 Å². The number of nitrogens with zero attached hydrogens (tertiary/aromatic N) is 1. The summed E-state index contributed by atoms with van der Waals surface area (Å²) in [5.74, 6) is 1.33. The number of oxazole rings is 1. The Balaban J connectivity index is 1.29. The van der Waals surface area contributed by atoms with Gasteiger partial charge in [0.1, 0.15) is 17.0 Å². The Hall–Kier alpha value is -3.80. The summed E-state index contributed by atoms with van der Waals surface area (Å²) in [7, 11) is 0. The molecule has 0 aliphatic rings. The number of aryl methyl sites for hydroxylation is 1. The van der Waals surface area contributed by atoms with Gasteiger partial charge in [0.2, 0.25) is 11.8 Å². The Morgan fingerprint density at radius 1 is 0.912 bits per heavy atom. The summed E-state index contributed by atoms with van der Waals surface area (Å²) in [5, 5.41) is 3.88. The molecule has 5 rings (SSSR count). The fraction of sp³-hybridized carbons (Fsp3) is 0.0370. The highest BCUT2D eigenvalue weighted by molar-refractivity contribution is 6.35. The van der Waals surface area contributed by atoms with E-state index in [1.807, 2.05) is 43.3 Å². The lowest BCUT2D eigenvalue weighted by Crippen LogP contribution is -2.07. The van der Waals surface area contributed by atoms with Gasteiger partial charge in [0.05, 0.1) is 0 Å². The normalized spacial score (nSPS) is 11.4. The predicted octanol–water partition coefficient (Wildman–Crippen LogP) is 8.02. The number of halogens is 2.